The number of amides is 1. The lowest BCUT2D eigenvalue weighted by Gasteiger charge is -2.36. The molecule has 0 spiro atoms. The first kappa shape index (κ1) is 15.3. The van der Waals surface area contributed by atoms with E-state index in [0.717, 1.165) is 32.5 Å². The van der Waals surface area contributed by atoms with Crippen LogP contribution in [-0.4, -0.2) is 53.4 Å². The molecule has 1 aliphatic heterocycles. The second-order valence-electron chi connectivity index (χ2n) is 5.35. The molecule has 0 aromatic carbocycles. The molecule has 0 atom stereocenters. The minimum atomic E-state index is -0.0403. The van der Waals surface area contributed by atoms with E-state index in [1.54, 1.807) is 18.3 Å². The fraction of sp³-hybridized carbons (Fsp3) is 0.600. The van der Waals surface area contributed by atoms with Crippen LogP contribution in [0, 0.1) is 0 Å². The monoisotopic (exact) mass is 295 g/mol. The normalized spacial score (nSPS) is 17.1. The highest BCUT2D eigenvalue weighted by Crippen LogP contribution is 2.18. The molecule has 0 bridgehead atoms. The van der Waals surface area contributed by atoms with Crippen LogP contribution in [0.4, 0.5) is 0 Å². The second kappa shape index (κ2) is 7.04. The molecule has 1 saturated heterocycles. The van der Waals surface area contributed by atoms with Crippen molar-refractivity contribution >= 4 is 17.5 Å². The number of carbonyl (C=O) groups excluding carboxylic acids is 1. The van der Waals surface area contributed by atoms with Crippen LogP contribution in [0.3, 0.4) is 0 Å². The van der Waals surface area contributed by atoms with Crippen LogP contribution >= 0.6 is 11.6 Å². The van der Waals surface area contributed by atoms with Crippen LogP contribution in [0.2, 0.25) is 5.02 Å². The third-order valence-electron chi connectivity index (χ3n) is 3.91. The van der Waals surface area contributed by atoms with Gasteiger partial charge >= 0.3 is 0 Å². The van der Waals surface area contributed by atoms with E-state index >= 15 is 0 Å². The van der Waals surface area contributed by atoms with Gasteiger partial charge in [0.2, 0.25) is 0 Å². The molecule has 2 rings (SSSR count). The number of piperidine rings is 1. The number of aromatic nitrogens is 1. The molecule has 1 aliphatic rings. The lowest BCUT2D eigenvalue weighted by Crippen LogP contribution is -2.45. The third kappa shape index (κ3) is 3.70. The van der Waals surface area contributed by atoms with Crippen LogP contribution in [0.1, 0.15) is 36.7 Å². The van der Waals surface area contributed by atoms with E-state index in [4.69, 9.17) is 11.6 Å². The zero-order chi connectivity index (χ0) is 14.5. The van der Waals surface area contributed by atoms with E-state index in [-0.39, 0.29) is 5.91 Å². The largest absolute Gasteiger partial charge is 0.337 e. The van der Waals surface area contributed by atoms with E-state index in [0.29, 0.717) is 16.8 Å². The Morgan fingerprint density at radius 1 is 1.50 bits per heavy atom. The summed E-state index contributed by atoms with van der Waals surface area (Å²) in [4.78, 5) is 20.8. The summed E-state index contributed by atoms with van der Waals surface area (Å²) in [6, 6.07) is 3.62. The summed E-state index contributed by atoms with van der Waals surface area (Å²) in [6.45, 7) is 5.49. The molecule has 0 N–H and O–H groups in total. The smallest absolute Gasteiger partial charge is 0.272 e. The van der Waals surface area contributed by atoms with E-state index in [2.05, 4.69) is 16.8 Å². The van der Waals surface area contributed by atoms with E-state index < -0.39 is 0 Å². The van der Waals surface area contributed by atoms with Gasteiger partial charge in [-0.2, -0.15) is 0 Å². The average Bonchev–Trinajstić information content (AvgIpc) is 2.47. The van der Waals surface area contributed by atoms with Gasteiger partial charge in [0.15, 0.2) is 0 Å². The molecule has 1 amide bonds. The number of hydrogen-bond donors (Lipinski definition) is 0. The molecule has 1 fully saturated rings. The van der Waals surface area contributed by atoms with E-state index in [1.807, 2.05) is 11.9 Å². The number of rotatable bonds is 4. The summed E-state index contributed by atoms with van der Waals surface area (Å²) < 4.78 is 0. The maximum Gasteiger partial charge on any atom is 0.272 e. The number of hydrogen-bond acceptors (Lipinski definition) is 3. The maximum atomic E-state index is 12.4. The Kier molecular flexibility index (Phi) is 5.38. The van der Waals surface area contributed by atoms with Crippen molar-refractivity contribution in [3.63, 3.8) is 0 Å². The molecule has 1 aromatic heterocycles. The van der Waals surface area contributed by atoms with Gasteiger partial charge in [0.05, 0.1) is 0 Å². The number of pyridine rings is 1. The van der Waals surface area contributed by atoms with Crippen molar-refractivity contribution in [2.75, 3.05) is 26.7 Å². The molecular weight excluding hydrogens is 274 g/mol. The summed E-state index contributed by atoms with van der Waals surface area (Å²) in [5.74, 6) is -0.0403. The Bertz CT molecular complexity index is 458. The van der Waals surface area contributed by atoms with Gasteiger partial charge in [0.1, 0.15) is 5.69 Å². The van der Waals surface area contributed by atoms with Crippen molar-refractivity contribution in [2.45, 2.75) is 32.2 Å². The Morgan fingerprint density at radius 2 is 2.20 bits per heavy atom. The van der Waals surface area contributed by atoms with Gasteiger partial charge < -0.3 is 9.80 Å². The van der Waals surface area contributed by atoms with Gasteiger partial charge in [-0.1, -0.05) is 18.5 Å². The molecule has 20 heavy (non-hydrogen) atoms. The molecule has 1 aromatic rings. The van der Waals surface area contributed by atoms with Gasteiger partial charge in [-0.05, 0) is 37.9 Å². The van der Waals surface area contributed by atoms with Crippen LogP contribution in [-0.2, 0) is 0 Å². The predicted octanol–water partition coefficient (Wildman–Crippen LogP) is 2.68. The lowest BCUT2D eigenvalue weighted by molar-refractivity contribution is 0.0637. The zero-order valence-electron chi connectivity index (χ0n) is 12.2. The van der Waals surface area contributed by atoms with Crippen molar-refractivity contribution in [1.29, 1.82) is 0 Å². The Morgan fingerprint density at radius 3 is 2.80 bits per heavy atom. The molecule has 0 unspecified atom stereocenters. The minimum Gasteiger partial charge on any atom is -0.337 e. The first-order chi connectivity index (χ1) is 9.61. The quantitative estimate of drug-likeness (QED) is 0.857. The van der Waals surface area contributed by atoms with E-state index in [1.165, 1.54) is 6.42 Å². The molecule has 0 aliphatic carbocycles. The van der Waals surface area contributed by atoms with Gasteiger partial charge in [-0.15, -0.1) is 0 Å². The number of nitrogens with zero attached hydrogens (tertiary/aromatic N) is 3. The van der Waals surface area contributed by atoms with Crippen LogP contribution in [0.15, 0.2) is 18.3 Å². The standard InChI is InChI=1S/C15H22ClN3O/c1-3-8-19-9-5-13(6-10-19)18(2)15(20)14-11-12(16)4-7-17-14/h4,7,11,13H,3,5-6,8-10H2,1-2H3. The summed E-state index contributed by atoms with van der Waals surface area (Å²) in [5, 5.41) is 0.550. The fourth-order valence-electron chi connectivity index (χ4n) is 2.71. The summed E-state index contributed by atoms with van der Waals surface area (Å²) in [7, 11) is 1.87. The van der Waals surface area contributed by atoms with Crippen molar-refractivity contribution in [2.24, 2.45) is 0 Å². The van der Waals surface area contributed by atoms with Gasteiger partial charge in [-0.25, -0.2) is 0 Å². The van der Waals surface area contributed by atoms with Crippen molar-refractivity contribution in [3.8, 4) is 0 Å². The van der Waals surface area contributed by atoms with Gasteiger partial charge in [0.25, 0.3) is 5.91 Å². The number of likely N-dealkylation sites (tertiary alicyclic amines) is 1. The van der Waals surface area contributed by atoms with Crippen molar-refractivity contribution in [1.82, 2.24) is 14.8 Å². The topological polar surface area (TPSA) is 36.4 Å². The SMILES string of the molecule is CCCN1CCC(N(C)C(=O)c2cc(Cl)ccn2)CC1. The Balaban J connectivity index is 1.95. The van der Waals surface area contributed by atoms with Crippen LogP contribution in [0.25, 0.3) is 0 Å². The Labute approximate surface area is 125 Å². The Hall–Kier alpha value is -1.13. The highest BCUT2D eigenvalue weighted by Gasteiger charge is 2.26. The van der Waals surface area contributed by atoms with E-state index in [9.17, 15) is 4.79 Å². The summed E-state index contributed by atoms with van der Waals surface area (Å²) >= 11 is 5.92. The zero-order valence-corrected chi connectivity index (χ0v) is 12.9. The lowest BCUT2D eigenvalue weighted by atomic mass is 10.0. The summed E-state index contributed by atoms with van der Waals surface area (Å²) in [5.41, 5.74) is 0.427. The molecule has 0 radical (unpaired) electrons. The molecule has 110 valence electrons. The van der Waals surface area contributed by atoms with Crippen molar-refractivity contribution < 1.29 is 4.79 Å². The maximum absolute atomic E-state index is 12.4. The van der Waals surface area contributed by atoms with Gasteiger partial charge in [-0.3, -0.25) is 9.78 Å². The molecular formula is C15H22ClN3O. The molecule has 4 nitrogen and oxygen atoms in total. The number of carbonyl (C=O) groups is 1. The first-order valence-electron chi connectivity index (χ1n) is 7.23. The second-order valence-corrected chi connectivity index (χ2v) is 5.78. The first-order valence-corrected chi connectivity index (χ1v) is 7.60. The number of halogens is 1. The third-order valence-corrected chi connectivity index (χ3v) is 4.14. The average molecular weight is 296 g/mol. The molecule has 5 heteroatoms. The van der Waals surface area contributed by atoms with Crippen LogP contribution in [0.5, 0.6) is 0 Å². The minimum absolute atomic E-state index is 0.0403. The fourth-order valence-corrected chi connectivity index (χ4v) is 2.87. The van der Waals surface area contributed by atoms with Crippen LogP contribution < -0.4 is 0 Å². The molecule has 0 saturated carbocycles. The highest BCUT2D eigenvalue weighted by molar-refractivity contribution is 6.30. The highest BCUT2D eigenvalue weighted by atomic mass is 35.5. The van der Waals surface area contributed by atoms with Crippen molar-refractivity contribution in [3.05, 3.63) is 29.0 Å². The molecule has 2 heterocycles. The summed E-state index contributed by atoms with van der Waals surface area (Å²) in [6.07, 6.45) is 4.82. The van der Waals surface area contributed by atoms with Gasteiger partial charge in [0, 0.05) is 37.4 Å². The predicted molar refractivity (Wildman–Crippen MR) is 81.1 cm³/mol.